The van der Waals surface area contributed by atoms with Crippen LogP contribution >= 0.6 is 0 Å². The molecule has 5 nitrogen and oxygen atoms in total. The molecular weight excluding hydrogens is 362 g/mol. The van der Waals surface area contributed by atoms with E-state index in [4.69, 9.17) is 0 Å². The second-order valence-electron chi connectivity index (χ2n) is 6.62. The third-order valence-electron chi connectivity index (χ3n) is 4.41. The van der Waals surface area contributed by atoms with Crippen LogP contribution in [-0.4, -0.2) is 17.5 Å². The van der Waals surface area contributed by atoms with Gasteiger partial charge < -0.3 is 5.32 Å². The Hall–Kier alpha value is -3.73. The van der Waals surface area contributed by atoms with E-state index < -0.39 is 0 Å². The van der Waals surface area contributed by atoms with Crippen LogP contribution in [0, 0.1) is 0 Å². The van der Waals surface area contributed by atoms with Gasteiger partial charge in [0.1, 0.15) is 0 Å². The average Bonchev–Trinajstić information content (AvgIpc) is 2.77. The molecule has 0 aliphatic carbocycles. The van der Waals surface area contributed by atoms with Crippen LogP contribution in [0.2, 0.25) is 0 Å². The number of carbonyl (C=O) groups is 2. The van der Waals surface area contributed by atoms with Crippen LogP contribution in [0.4, 0.5) is 5.69 Å². The van der Waals surface area contributed by atoms with Crippen LogP contribution in [0.1, 0.15) is 34.8 Å². The van der Waals surface area contributed by atoms with Crippen molar-refractivity contribution in [2.24, 2.45) is 5.10 Å². The lowest BCUT2D eigenvalue weighted by Crippen LogP contribution is -2.19. The Bertz CT molecular complexity index is 999. The first-order valence-electron chi connectivity index (χ1n) is 9.46. The van der Waals surface area contributed by atoms with E-state index in [1.807, 2.05) is 79.7 Å². The van der Waals surface area contributed by atoms with E-state index in [0.29, 0.717) is 29.8 Å². The molecule has 5 heteroatoms. The fourth-order valence-electron chi connectivity index (χ4n) is 2.78. The third kappa shape index (κ3) is 6.14. The van der Waals surface area contributed by atoms with Gasteiger partial charge >= 0.3 is 0 Å². The quantitative estimate of drug-likeness (QED) is 0.467. The zero-order valence-corrected chi connectivity index (χ0v) is 16.3. The van der Waals surface area contributed by atoms with E-state index in [1.165, 1.54) is 0 Å². The van der Waals surface area contributed by atoms with E-state index in [2.05, 4.69) is 15.8 Å². The molecule has 3 aromatic rings. The highest BCUT2D eigenvalue weighted by atomic mass is 16.2. The number of hydrogen-bond donors (Lipinski definition) is 2. The van der Waals surface area contributed by atoms with Crippen LogP contribution in [0.15, 0.2) is 90.0 Å². The highest BCUT2D eigenvalue weighted by Crippen LogP contribution is 2.13. The minimum Gasteiger partial charge on any atom is -0.322 e. The normalized spacial score (nSPS) is 11.0. The van der Waals surface area contributed by atoms with E-state index in [-0.39, 0.29) is 11.8 Å². The molecule has 2 amide bonds. The molecule has 0 saturated heterocycles. The van der Waals surface area contributed by atoms with Gasteiger partial charge in [0.05, 0.1) is 5.71 Å². The number of aryl methyl sites for hydroxylation is 1. The Morgan fingerprint density at radius 3 is 2.21 bits per heavy atom. The van der Waals surface area contributed by atoms with Crippen molar-refractivity contribution in [2.45, 2.75) is 19.8 Å². The molecule has 2 N–H and O–H groups in total. The first-order valence-corrected chi connectivity index (χ1v) is 9.46. The number of benzene rings is 3. The summed E-state index contributed by atoms with van der Waals surface area (Å²) in [6.45, 7) is 1.82. The SMILES string of the molecule is C/C(=N/NC(=O)CCc1ccccc1)c1cccc(NC(=O)c2ccccc2)c1. The largest absolute Gasteiger partial charge is 0.322 e. The van der Waals surface area contributed by atoms with Gasteiger partial charge in [0, 0.05) is 17.7 Å². The van der Waals surface area contributed by atoms with E-state index in [9.17, 15) is 9.59 Å². The summed E-state index contributed by atoms with van der Waals surface area (Å²) in [4.78, 5) is 24.3. The zero-order chi connectivity index (χ0) is 20.5. The highest BCUT2D eigenvalue weighted by molar-refractivity contribution is 6.05. The Labute approximate surface area is 170 Å². The van der Waals surface area contributed by atoms with Gasteiger partial charge in [-0.25, -0.2) is 5.43 Å². The number of carbonyl (C=O) groups excluding carboxylic acids is 2. The predicted molar refractivity (Wildman–Crippen MR) is 116 cm³/mol. The van der Waals surface area contributed by atoms with Crippen molar-refractivity contribution >= 4 is 23.2 Å². The minimum absolute atomic E-state index is 0.137. The number of nitrogens with one attached hydrogen (secondary N) is 2. The summed E-state index contributed by atoms with van der Waals surface area (Å²) in [5, 5.41) is 7.06. The topological polar surface area (TPSA) is 70.6 Å². The predicted octanol–water partition coefficient (Wildman–Crippen LogP) is 4.41. The van der Waals surface area contributed by atoms with Crippen LogP contribution in [0.3, 0.4) is 0 Å². The summed E-state index contributed by atoms with van der Waals surface area (Å²) in [6.07, 6.45) is 1.04. The van der Waals surface area contributed by atoms with Gasteiger partial charge in [-0.15, -0.1) is 0 Å². The lowest BCUT2D eigenvalue weighted by atomic mass is 10.1. The molecule has 0 aromatic heterocycles. The summed E-state index contributed by atoms with van der Waals surface area (Å²) in [5.74, 6) is -0.312. The summed E-state index contributed by atoms with van der Waals surface area (Å²) in [6, 6.07) is 26.3. The maximum absolute atomic E-state index is 12.3. The number of nitrogens with zero attached hydrogens (tertiary/aromatic N) is 1. The maximum atomic E-state index is 12.3. The number of amides is 2. The van der Waals surface area contributed by atoms with Gasteiger partial charge in [0.25, 0.3) is 5.91 Å². The molecule has 0 spiro atoms. The summed E-state index contributed by atoms with van der Waals surface area (Å²) in [5.41, 5.74) is 6.45. The molecule has 0 fully saturated rings. The van der Waals surface area contributed by atoms with Crippen molar-refractivity contribution in [3.05, 3.63) is 102 Å². The van der Waals surface area contributed by atoms with Gasteiger partial charge in [0.15, 0.2) is 0 Å². The Morgan fingerprint density at radius 2 is 1.48 bits per heavy atom. The van der Waals surface area contributed by atoms with Crippen molar-refractivity contribution in [3.8, 4) is 0 Å². The summed E-state index contributed by atoms with van der Waals surface area (Å²) < 4.78 is 0. The first kappa shape index (κ1) is 20.0. The van der Waals surface area contributed by atoms with Crippen molar-refractivity contribution in [3.63, 3.8) is 0 Å². The van der Waals surface area contributed by atoms with Crippen molar-refractivity contribution < 1.29 is 9.59 Å². The van der Waals surface area contributed by atoms with Gasteiger partial charge in [0.2, 0.25) is 5.91 Å². The van der Waals surface area contributed by atoms with Crippen molar-refractivity contribution in [1.82, 2.24) is 5.43 Å². The van der Waals surface area contributed by atoms with Crippen molar-refractivity contribution in [1.29, 1.82) is 0 Å². The molecule has 0 bridgehead atoms. The van der Waals surface area contributed by atoms with E-state index in [1.54, 1.807) is 12.1 Å². The van der Waals surface area contributed by atoms with Crippen molar-refractivity contribution in [2.75, 3.05) is 5.32 Å². The van der Waals surface area contributed by atoms with Gasteiger partial charge in [-0.3, -0.25) is 9.59 Å². The molecule has 0 aliphatic heterocycles. The number of hydrogen-bond acceptors (Lipinski definition) is 3. The van der Waals surface area contributed by atoms with Gasteiger partial charge in [-0.2, -0.15) is 5.10 Å². The molecule has 0 saturated carbocycles. The zero-order valence-electron chi connectivity index (χ0n) is 16.3. The van der Waals surface area contributed by atoms with E-state index >= 15 is 0 Å². The minimum atomic E-state index is -0.174. The highest BCUT2D eigenvalue weighted by Gasteiger charge is 2.07. The second-order valence-corrected chi connectivity index (χ2v) is 6.62. The monoisotopic (exact) mass is 385 g/mol. The third-order valence-corrected chi connectivity index (χ3v) is 4.41. The van der Waals surface area contributed by atoms with Crippen LogP contribution < -0.4 is 10.7 Å². The molecule has 3 aromatic carbocycles. The molecule has 146 valence electrons. The molecule has 29 heavy (non-hydrogen) atoms. The van der Waals surface area contributed by atoms with Crippen LogP contribution in [0.5, 0.6) is 0 Å². The Balaban J connectivity index is 1.57. The van der Waals surface area contributed by atoms with Crippen LogP contribution in [-0.2, 0) is 11.2 Å². The number of hydrazone groups is 1. The number of rotatable bonds is 7. The van der Waals surface area contributed by atoms with Gasteiger partial charge in [-0.05, 0) is 48.7 Å². The summed E-state index contributed by atoms with van der Waals surface area (Å²) in [7, 11) is 0. The molecule has 3 rings (SSSR count). The molecule has 0 atom stereocenters. The first-order chi connectivity index (χ1) is 14.1. The maximum Gasteiger partial charge on any atom is 0.255 e. The lowest BCUT2D eigenvalue weighted by Gasteiger charge is -2.08. The fourth-order valence-corrected chi connectivity index (χ4v) is 2.78. The molecule has 0 unspecified atom stereocenters. The lowest BCUT2D eigenvalue weighted by molar-refractivity contribution is -0.121. The van der Waals surface area contributed by atoms with Gasteiger partial charge in [-0.1, -0.05) is 60.7 Å². The summed E-state index contributed by atoms with van der Waals surface area (Å²) >= 11 is 0. The molecule has 0 aliphatic rings. The second kappa shape index (κ2) is 9.99. The Kier molecular flexibility index (Phi) is 6.90. The Morgan fingerprint density at radius 1 is 0.828 bits per heavy atom. The standard InChI is InChI=1S/C24H23N3O2/c1-18(26-27-23(28)16-15-19-9-4-2-5-10-19)21-13-8-14-22(17-21)25-24(29)20-11-6-3-7-12-20/h2-14,17H,15-16H2,1H3,(H,25,29)(H,27,28)/b26-18-. The molecular formula is C24H23N3O2. The van der Waals surface area contributed by atoms with Crippen LogP contribution in [0.25, 0.3) is 0 Å². The average molecular weight is 385 g/mol. The fraction of sp³-hybridized carbons (Fsp3) is 0.125. The van der Waals surface area contributed by atoms with E-state index in [0.717, 1.165) is 11.1 Å². The number of anilines is 1. The smallest absolute Gasteiger partial charge is 0.255 e. The molecule has 0 radical (unpaired) electrons. The molecule has 0 heterocycles.